The molecule has 5 nitrogen and oxygen atoms in total. The number of nitrogens with zero attached hydrogens (tertiary/aromatic N) is 3. The summed E-state index contributed by atoms with van der Waals surface area (Å²) in [5.41, 5.74) is 1.34. The molecule has 0 amide bonds. The Hall–Kier alpha value is -1.53. The fourth-order valence-electron chi connectivity index (χ4n) is 3.21. The topological polar surface area (TPSA) is 59.2 Å². The maximum absolute atomic E-state index is 11.1. The van der Waals surface area contributed by atoms with E-state index in [4.69, 9.17) is 4.52 Å². The van der Waals surface area contributed by atoms with E-state index in [1.807, 2.05) is 0 Å². The van der Waals surface area contributed by atoms with E-state index in [-0.39, 0.29) is 0 Å². The SMILES string of the molecule is CS(=O)CCCc1noc(C2CCCN(Cc3ccccc3)C2)n1. The van der Waals surface area contributed by atoms with Crippen LogP contribution in [0, 0.1) is 0 Å². The van der Waals surface area contributed by atoms with E-state index in [2.05, 4.69) is 45.4 Å². The zero-order valence-electron chi connectivity index (χ0n) is 14.2. The van der Waals surface area contributed by atoms with Crippen LogP contribution < -0.4 is 0 Å². The third-order valence-corrected chi connectivity index (χ3v) is 5.28. The lowest BCUT2D eigenvalue weighted by molar-refractivity contribution is 0.180. The van der Waals surface area contributed by atoms with Crippen molar-refractivity contribution < 1.29 is 8.73 Å². The maximum atomic E-state index is 11.1. The molecule has 1 aromatic carbocycles. The van der Waals surface area contributed by atoms with Crippen LogP contribution in [0.4, 0.5) is 0 Å². The molecule has 6 heteroatoms. The quantitative estimate of drug-likeness (QED) is 0.771. The van der Waals surface area contributed by atoms with Crippen LogP contribution in [-0.2, 0) is 23.8 Å². The van der Waals surface area contributed by atoms with Crippen LogP contribution in [0.3, 0.4) is 0 Å². The van der Waals surface area contributed by atoms with Crippen molar-refractivity contribution in [3.63, 3.8) is 0 Å². The molecule has 1 aromatic heterocycles. The standard InChI is InChI=1S/C18H25N3O2S/c1-24(22)12-6-10-17-19-18(23-20-17)16-9-5-11-21(14-16)13-15-7-3-2-4-8-15/h2-4,7-8,16H,5-6,9-14H2,1H3. The second-order valence-corrected chi connectivity index (χ2v) is 8.04. The van der Waals surface area contributed by atoms with Gasteiger partial charge in [-0.3, -0.25) is 9.11 Å². The van der Waals surface area contributed by atoms with E-state index in [1.165, 1.54) is 5.56 Å². The van der Waals surface area contributed by atoms with Crippen LogP contribution in [0.2, 0.25) is 0 Å². The molecule has 2 aromatic rings. The Kier molecular flexibility index (Phi) is 6.15. The molecule has 1 fully saturated rings. The van der Waals surface area contributed by atoms with Gasteiger partial charge in [0.05, 0.1) is 5.92 Å². The average Bonchev–Trinajstić information content (AvgIpc) is 3.05. The molecule has 3 rings (SSSR count). The van der Waals surface area contributed by atoms with E-state index in [9.17, 15) is 4.21 Å². The highest BCUT2D eigenvalue weighted by atomic mass is 32.2. The number of aryl methyl sites for hydroxylation is 1. The first-order chi connectivity index (χ1) is 11.7. The summed E-state index contributed by atoms with van der Waals surface area (Å²) in [7, 11) is -0.754. The second-order valence-electron chi connectivity index (χ2n) is 6.49. The molecular formula is C18H25N3O2S. The minimum absolute atomic E-state index is 0.323. The molecule has 0 aliphatic carbocycles. The molecule has 2 atom stereocenters. The lowest BCUT2D eigenvalue weighted by Crippen LogP contribution is -2.34. The molecule has 2 unspecified atom stereocenters. The molecule has 2 heterocycles. The normalized spacial score (nSPS) is 20.1. The van der Waals surface area contributed by atoms with Gasteiger partial charge in [0.25, 0.3) is 0 Å². The Labute approximate surface area is 145 Å². The van der Waals surface area contributed by atoms with Crippen LogP contribution in [0.25, 0.3) is 0 Å². The minimum Gasteiger partial charge on any atom is -0.339 e. The van der Waals surface area contributed by atoms with Gasteiger partial charge in [-0.15, -0.1) is 0 Å². The largest absolute Gasteiger partial charge is 0.339 e. The summed E-state index contributed by atoms with van der Waals surface area (Å²) < 4.78 is 16.6. The maximum Gasteiger partial charge on any atom is 0.231 e. The molecule has 0 spiro atoms. The van der Waals surface area contributed by atoms with E-state index in [0.29, 0.717) is 11.7 Å². The summed E-state index contributed by atoms with van der Waals surface area (Å²) in [6.07, 6.45) is 5.57. The van der Waals surface area contributed by atoms with E-state index >= 15 is 0 Å². The van der Waals surface area contributed by atoms with Crippen molar-refractivity contribution in [2.24, 2.45) is 0 Å². The zero-order valence-corrected chi connectivity index (χ0v) is 15.0. The van der Waals surface area contributed by atoms with Gasteiger partial charge in [-0.1, -0.05) is 35.5 Å². The molecule has 24 heavy (non-hydrogen) atoms. The predicted molar refractivity (Wildman–Crippen MR) is 95.2 cm³/mol. The molecule has 1 saturated heterocycles. The minimum atomic E-state index is -0.754. The molecular weight excluding hydrogens is 322 g/mol. The third kappa shape index (κ3) is 4.98. The van der Waals surface area contributed by atoms with Crippen molar-refractivity contribution in [3.8, 4) is 0 Å². The third-order valence-electron chi connectivity index (χ3n) is 4.42. The van der Waals surface area contributed by atoms with E-state index in [0.717, 1.165) is 57.0 Å². The van der Waals surface area contributed by atoms with Gasteiger partial charge in [0.1, 0.15) is 0 Å². The summed E-state index contributed by atoms with van der Waals surface area (Å²) in [6, 6.07) is 10.6. The number of likely N-dealkylation sites (tertiary alicyclic amines) is 1. The molecule has 1 aliphatic heterocycles. The van der Waals surface area contributed by atoms with Gasteiger partial charge in [-0.2, -0.15) is 4.98 Å². The fourth-order valence-corrected chi connectivity index (χ4v) is 3.76. The molecule has 0 saturated carbocycles. The highest BCUT2D eigenvalue weighted by molar-refractivity contribution is 7.84. The van der Waals surface area contributed by atoms with Crippen LogP contribution >= 0.6 is 0 Å². The van der Waals surface area contributed by atoms with Crippen LogP contribution in [0.15, 0.2) is 34.9 Å². The molecule has 0 radical (unpaired) electrons. The van der Waals surface area contributed by atoms with Crippen LogP contribution in [-0.4, -0.2) is 44.3 Å². The summed E-state index contributed by atoms with van der Waals surface area (Å²) in [5.74, 6) is 2.53. The zero-order chi connectivity index (χ0) is 16.8. The summed E-state index contributed by atoms with van der Waals surface area (Å²) in [5, 5.41) is 4.09. The van der Waals surface area contributed by atoms with Crippen molar-refractivity contribution in [2.75, 3.05) is 25.1 Å². The van der Waals surface area contributed by atoms with Crippen molar-refractivity contribution >= 4 is 10.8 Å². The fraction of sp³-hybridized carbons (Fsp3) is 0.556. The Balaban J connectivity index is 1.54. The van der Waals surface area contributed by atoms with Crippen LogP contribution in [0.1, 0.15) is 42.5 Å². The van der Waals surface area contributed by atoms with Gasteiger partial charge < -0.3 is 4.52 Å². The number of hydrogen-bond acceptors (Lipinski definition) is 5. The predicted octanol–water partition coefficient (Wildman–Crippen LogP) is 2.76. The van der Waals surface area contributed by atoms with Crippen molar-refractivity contribution in [3.05, 3.63) is 47.6 Å². The van der Waals surface area contributed by atoms with Crippen molar-refractivity contribution in [2.45, 2.75) is 38.1 Å². The monoisotopic (exact) mass is 347 g/mol. The van der Waals surface area contributed by atoms with Gasteiger partial charge >= 0.3 is 0 Å². The number of rotatable bonds is 7. The average molecular weight is 347 g/mol. The Morgan fingerprint density at radius 3 is 2.96 bits per heavy atom. The lowest BCUT2D eigenvalue weighted by Gasteiger charge is -2.30. The van der Waals surface area contributed by atoms with Crippen molar-refractivity contribution in [1.29, 1.82) is 0 Å². The number of hydrogen-bond donors (Lipinski definition) is 0. The molecule has 0 bridgehead atoms. The Bertz CT molecular complexity index is 659. The Morgan fingerprint density at radius 1 is 1.33 bits per heavy atom. The molecule has 130 valence electrons. The van der Waals surface area contributed by atoms with Gasteiger partial charge in [0.15, 0.2) is 5.82 Å². The van der Waals surface area contributed by atoms with E-state index in [1.54, 1.807) is 6.26 Å². The number of benzene rings is 1. The van der Waals surface area contributed by atoms with E-state index < -0.39 is 10.8 Å². The second kappa shape index (κ2) is 8.53. The van der Waals surface area contributed by atoms with Gasteiger partial charge in [-0.25, -0.2) is 0 Å². The first kappa shape index (κ1) is 17.3. The van der Waals surface area contributed by atoms with Gasteiger partial charge in [0.2, 0.25) is 5.89 Å². The highest BCUT2D eigenvalue weighted by Gasteiger charge is 2.25. The summed E-state index contributed by atoms with van der Waals surface area (Å²) >= 11 is 0. The molecule has 0 N–H and O–H groups in total. The first-order valence-corrected chi connectivity index (χ1v) is 10.3. The van der Waals surface area contributed by atoms with Gasteiger partial charge in [-0.05, 0) is 31.4 Å². The lowest BCUT2D eigenvalue weighted by atomic mass is 9.97. The van der Waals surface area contributed by atoms with Crippen LogP contribution in [0.5, 0.6) is 0 Å². The van der Waals surface area contributed by atoms with Crippen molar-refractivity contribution in [1.82, 2.24) is 15.0 Å². The molecule has 1 aliphatic rings. The Morgan fingerprint density at radius 2 is 2.17 bits per heavy atom. The highest BCUT2D eigenvalue weighted by Crippen LogP contribution is 2.26. The summed E-state index contributed by atoms with van der Waals surface area (Å²) in [4.78, 5) is 7.03. The van der Waals surface area contributed by atoms with Gasteiger partial charge in [0, 0.05) is 42.3 Å². The summed E-state index contributed by atoms with van der Waals surface area (Å²) in [6.45, 7) is 3.06. The number of aromatic nitrogens is 2. The first-order valence-electron chi connectivity index (χ1n) is 8.59. The number of piperidine rings is 1. The smallest absolute Gasteiger partial charge is 0.231 e.